The average Bonchev–Trinajstić information content (AvgIpc) is 2.99. The van der Waals surface area contributed by atoms with Gasteiger partial charge >= 0.3 is 0 Å². The first-order valence-electron chi connectivity index (χ1n) is 6.56. The molecule has 0 saturated carbocycles. The molecule has 4 rings (SSSR count). The van der Waals surface area contributed by atoms with Crippen LogP contribution in [-0.2, 0) is 0 Å². The number of hydrogen-bond donors (Lipinski definition) is 0. The zero-order valence-electron chi connectivity index (χ0n) is 11.9. The average molecular weight is 351 g/mol. The molecule has 0 aliphatic rings. The second kappa shape index (κ2) is 6.28. The van der Waals surface area contributed by atoms with Gasteiger partial charge in [-0.1, -0.05) is 11.6 Å². The van der Waals surface area contributed by atoms with Gasteiger partial charge in [-0.15, -0.1) is 22.7 Å². The smallest absolute Gasteiger partial charge is 0.125 e. The second-order valence-electron chi connectivity index (χ2n) is 4.69. The van der Waals surface area contributed by atoms with Gasteiger partial charge in [0, 0.05) is 11.1 Å². The third kappa shape index (κ3) is 3.43. The molecule has 0 N–H and O–H groups in total. The van der Waals surface area contributed by atoms with Gasteiger partial charge in [0.25, 0.3) is 0 Å². The van der Waals surface area contributed by atoms with Crippen LogP contribution in [0.2, 0.25) is 5.02 Å². The summed E-state index contributed by atoms with van der Waals surface area (Å²) in [5.74, 6) is -0.220. The maximum atomic E-state index is 12.6. The predicted molar refractivity (Wildman–Crippen MR) is 93.7 cm³/mol. The van der Waals surface area contributed by atoms with Crippen molar-refractivity contribution in [2.45, 2.75) is 13.8 Å². The Kier molecular flexibility index (Phi) is 4.38. The Labute approximate surface area is 140 Å². The standard InChI is InChI=1S/C8H6ClNS.C8H6FNS/c2*1-5-10-7-4-6(9)2-3-8(7)11-5/h2*2-4H,1H3. The molecule has 0 spiro atoms. The third-order valence-corrected chi connectivity index (χ3v) is 5.05. The van der Waals surface area contributed by atoms with Gasteiger partial charge in [-0.25, -0.2) is 14.4 Å². The van der Waals surface area contributed by atoms with Crippen LogP contribution in [0.3, 0.4) is 0 Å². The number of nitrogens with zero attached hydrogens (tertiary/aromatic N) is 2. The summed E-state index contributed by atoms with van der Waals surface area (Å²) in [6.45, 7) is 3.92. The number of benzene rings is 2. The molecule has 4 aromatic rings. The molecular weight excluding hydrogens is 339 g/mol. The highest BCUT2D eigenvalue weighted by Gasteiger charge is 2.00. The Morgan fingerprint density at radius 2 is 1.41 bits per heavy atom. The lowest BCUT2D eigenvalue weighted by atomic mass is 10.3. The summed E-state index contributed by atoms with van der Waals surface area (Å²) < 4.78 is 14.9. The summed E-state index contributed by atoms with van der Waals surface area (Å²) in [5.41, 5.74) is 1.76. The van der Waals surface area contributed by atoms with Crippen molar-refractivity contribution in [3.63, 3.8) is 0 Å². The number of aromatic nitrogens is 2. The number of thiazole rings is 2. The highest BCUT2D eigenvalue weighted by Crippen LogP contribution is 2.24. The molecule has 22 heavy (non-hydrogen) atoms. The van der Waals surface area contributed by atoms with Crippen molar-refractivity contribution in [1.82, 2.24) is 9.97 Å². The van der Waals surface area contributed by atoms with Crippen molar-refractivity contribution in [2.24, 2.45) is 0 Å². The number of rotatable bonds is 0. The lowest BCUT2D eigenvalue weighted by Gasteiger charge is -1.86. The first-order valence-corrected chi connectivity index (χ1v) is 8.58. The van der Waals surface area contributed by atoms with E-state index in [4.69, 9.17) is 11.6 Å². The van der Waals surface area contributed by atoms with Gasteiger partial charge in [0.05, 0.1) is 30.4 Å². The van der Waals surface area contributed by atoms with Gasteiger partial charge in [-0.2, -0.15) is 0 Å². The zero-order chi connectivity index (χ0) is 15.7. The number of halogens is 2. The van der Waals surface area contributed by atoms with E-state index >= 15 is 0 Å². The lowest BCUT2D eigenvalue weighted by molar-refractivity contribution is 0.629. The highest BCUT2D eigenvalue weighted by molar-refractivity contribution is 7.18. The van der Waals surface area contributed by atoms with Crippen molar-refractivity contribution in [1.29, 1.82) is 0 Å². The highest BCUT2D eigenvalue weighted by atomic mass is 35.5. The van der Waals surface area contributed by atoms with Gasteiger partial charge in [0.1, 0.15) is 5.82 Å². The van der Waals surface area contributed by atoms with Gasteiger partial charge in [-0.05, 0) is 44.2 Å². The van der Waals surface area contributed by atoms with Gasteiger partial charge < -0.3 is 0 Å². The SMILES string of the molecule is Cc1nc2cc(Cl)ccc2s1.Cc1nc2cc(F)ccc2s1. The molecule has 2 heterocycles. The largest absolute Gasteiger partial charge is 0.241 e. The number of aryl methyl sites for hydroxylation is 2. The molecule has 0 atom stereocenters. The molecule has 2 aromatic carbocycles. The minimum Gasteiger partial charge on any atom is -0.241 e. The molecule has 0 aliphatic heterocycles. The van der Waals surface area contributed by atoms with Crippen LogP contribution in [0.15, 0.2) is 36.4 Å². The molecule has 0 aliphatic carbocycles. The van der Waals surface area contributed by atoms with Gasteiger partial charge in [0.15, 0.2) is 0 Å². The topological polar surface area (TPSA) is 25.8 Å². The van der Waals surface area contributed by atoms with E-state index in [9.17, 15) is 4.39 Å². The molecule has 0 fully saturated rings. The van der Waals surface area contributed by atoms with E-state index in [0.29, 0.717) is 0 Å². The van der Waals surface area contributed by atoms with Crippen molar-refractivity contribution >= 4 is 54.7 Å². The van der Waals surface area contributed by atoms with Crippen LogP contribution in [0.4, 0.5) is 4.39 Å². The molecular formula is C16H12ClFN2S2. The van der Waals surface area contributed by atoms with E-state index in [1.165, 1.54) is 16.8 Å². The van der Waals surface area contributed by atoms with Crippen LogP contribution in [0.5, 0.6) is 0 Å². The van der Waals surface area contributed by atoms with Crippen LogP contribution in [-0.4, -0.2) is 9.97 Å². The Morgan fingerprint density at radius 3 is 2.05 bits per heavy atom. The fraction of sp³-hybridized carbons (Fsp3) is 0.125. The van der Waals surface area contributed by atoms with Crippen molar-refractivity contribution in [2.75, 3.05) is 0 Å². The minimum absolute atomic E-state index is 0.220. The molecule has 2 nitrogen and oxygen atoms in total. The van der Waals surface area contributed by atoms with Crippen molar-refractivity contribution in [3.8, 4) is 0 Å². The molecule has 6 heteroatoms. The van der Waals surface area contributed by atoms with Crippen LogP contribution in [0.1, 0.15) is 10.0 Å². The molecule has 0 unspecified atom stereocenters. The minimum atomic E-state index is -0.220. The Hall–Kier alpha value is -1.56. The maximum Gasteiger partial charge on any atom is 0.125 e. The molecule has 0 saturated heterocycles. The van der Waals surface area contributed by atoms with E-state index in [1.807, 2.05) is 32.0 Å². The summed E-state index contributed by atoms with van der Waals surface area (Å²) in [7, 11) is 0. The first-order chi connectivity index (χ1) is 10.5. The van der Waals surface area contributed by atoms with Gasteiger partial charge in [0.2, 0.25) is 0 Å². The van der Waals surface area contributed by atoms with Crippen LogP contribution in [0, 0.1) is 19.7 Å². The van der Waals surface area contributed by atoms with Crippen LogP contribution < -0.4 is 0 Å². The first kappa shape index (κ1) is 15.3. The van der Waals surface area contributed by atoms with Crippen molar-refractivity contribution in [3.05, 3.63) is 57.3 Å². The van der Waals surface area contributed by atoms with E-state index in [2.05, 4.69) is 9.97 Å². The lowest BCUT2D eigenvalue weighted by Crippen LogP contribution is -1.72. The number of hydrogen-bond acceptors (Lipinski definition) is 4. The number of fused-ring (bicyclic) bond motifs is 2. The van der Waals surface area contributed by atoms with Crippen LogP contribution >= 0.6 is 34.3 Å². The quantitative estimate of drug-likeness (QED) is 0.388. The second-order valence-corrected chi connectivity index (χ2v) is 7.60. The molecule has 0 bridgehead atoms. The third-order valence-electron chi connectivity index (χ3n) is 2.91. The Morgan fingerprint density at radius 1 is 0.864 bits per heavy atom. The normalized spacial score (nSPS) is 10.7. The fourth-order valence-electron chi connectivity index (χ4n) is 2.03. The Bertz CT molecular complexity index is 868. The van der Waals surface area contributed by atoms with Crippen LogP contribution in [0.25, 0.3) is 20.4 Å². The van der Waals surface area contributed by atoms with E-state index < -0.39 is 0 Å². The summed E-state index contributed by atoms with van der Waals surface area (Å²) in [6, 6.07) is 10.5. The Balaban J connectivity index is 0.000000131. The fourth-order valence-corrected chi connectivity index (χ4v) is 3.81. The monoisotopic (exact) mass is 350 g/mol. The zero-order valence-corrected chi connectivity index (χ0v) is 14.3. The summed E-state index contributed by atoms with van der Waals surface area (Å²) in [4.78, 5) is 8.46. The molecule has 112 valence electrons. The van der Waals surface area contributed by atoms with Crippen molar-refractivity contribution < 1.29 is 4.39 Å². The molecule has 0 radical (unpaired) electrons. The predicted octanol–water partition coefficient (Wildman–Crippen LogP) is 6.00. The van der Waals surface area contributed by atoms with Gasteiger partial charge in [-0.3, -0.25) is 0 Å². The summed E-state index contributed by atoms with van der Waals surface area (Å²) in [6.07, 6.45) is 0. The molecule has 0 amide bonds. The summed E-state index contributed by atoms with van der Waals surface area (Å²) >= 11 is 9.07. The van der Waals surface area contributed by atoms with E-state index in [1.54, 1.807) is 28.7 Å². The van der Waals surface area contributed by atoms with E-state index in [-0.39, 0.29) is 5.82 Å². The molecule has 2 aromatic heterocycles. The maximum absolute atomic E-state index is 12.6. The summed E-state index contributed by atoms with van der Waals surface area (Å²) in [5, 5.41) is 2.82. The van der Waals surface area contributed by atoms with E-state index in [0.717, 1.165) is 30.8 Å².